The van der Waals surface area contributed by atoms with E-state index < -0.39 is 0 Å². The van der Waals surface area contributed by atoms with E-state index in [4.69, 9.17) is 0 Å². The first-order chi connectivity index (χ1) is 5.02. The van der Waals surface area contributed by atoms with Crippen LogP contribution in [0, 0.1) is 5.41 Å². The van der Waals surface area contributed by atoms with Crippen molar-refractivity contribution in [2.24, 2.45) is 5.41 Å². The standard InChI is InChI=1S/C10H22O/c1-5-9(11)7-8-10(3,4)6-2/h9,11H,5-8H2,1-4H3. The molecule has 0 aliphatic carbocycles. The van der Waals surface area contributed by atoms with Gasteiger partial charge in [-0.1, -0.05) is 34.1 Å². The molecule has 0 aromatic rings. The highest BCUT2D eigenvalue weighted by atomic mass is 16.3. The highest BCUT2D eigenvalue weighted by molar-refractivity contribution is 4.68. The van der Waals surface area contributed by atoms with E-state index in [-0.39, 0.29) is 6.10 Å². The molecular formula is C10H22O. The molecule has 0 aliphatic heterocycles. The molecule has 0 aliphatic rings. The third-order valence-corrected chi connectivity index (χ3v) is 2.58. The average molecular weight is 158 g/mol. The van der Waals surface area contributed by atoms with E-state index >= 15 is 0 Å². The smallest absolute Gasteiger partial charge is 0.0537 e. The Hall–Kier alpha value is -0.0400. The van der Waals surface area contributed by atoms with Gasteiger partial charge in [0.1, 0.15) is 0 Å². The molecule has 0 fully saturated rings. The summed E-state index contributed by atoms with van der Waals surface area (Å²) in [7, 11) is 0. The molecule has 1 N–H and O–H groups in total. The fourth-order valence-electron chi connectivity index (χ4n) is 0.938. The van der Waals surface area contributed by atoms with Crippen molar-refractivity contribution in [2.45, 2.75) is 59.5 Å². The van der Waals surface area contributed by atoms with Crippen molar-refractivity contribution in [3.63, 3.8) is 0 Å². The number of hydrogen-bond acceptors (Lipinski definition) is 1. The molecular weight excluding hydrogens is 136 g/mol. The van der Waals surface area contributed by atoms with Crippen LogP contribution in [0.25, 0.3) is 0 Å². The minimum atomic E-state index is -0.0826. The Morgan fingerprint density at radius 3 is 2.18 bits per heavy atom. The Labute approximate surface area is 70.8 Å². The molecule has 1 nitrogen and oxygen atoms in total. The maximum absolute atomic E-state index is 9.32. The lowest BCUT2D eigenvalue weighted by Gasteiger charge is -2.23. The SMILES string of the molecule is CCC(O)CCC(C)(C)CC. The second kappa shape index (κ2) is 4.76. The lowest BCUT2D eigenvalue weighted by atomic mass is 9.84. The third kappa shape index (κ3) is 5.25. The lowest BCUT2D eigenvalue weighted by Crippen LogP contribution is -2.14. The fraction of sp³-hybridized carbons (Fsp3) is 1.00. The normalized spacial score (nSPS) is 15.0. The zero-order valence-electron chi connectivity index (χ0n) is 8.35. The number of hydrogen-bond donors (Lipinski definition) is 1. The lowest BCUT2D eigenvalue weighted by molar-refractivity contribution is 0.137. The molecule has 1 heteroatoms. The maximum Gasteiger partial charge on any atom is 0.0537 e. The summed E-state index contributed by atoms with van der Waals surface area (Å²) in [5.74, 6) is 0. The molecule has 0 spiro atoms. The Balaban J connectivity index is 3.52. The van der Waals surface area contributed by atoms with Crippen LogP contribution in [0.4, 0.5) is 0 Å². The third-order valence-electron chi connectivity index (χ3n) is 2.58. The summed E-state index contributed by atoms with van der Waals surface area (Å²) < 4.78 is 0. The molecule has 0 radical (unpaired) electrons. The van der Waals surface area contributed by atoms with Gasteiger partial charge in [-0.15, -0.1) is 0 Å². The summed E-state index contributed by atoms with van der Waals surface area (Å²) in [4.78, 5) is 0. The molecule has 0 heterocycles. The topological polar surface area (TPSA) is 20.2 Å². The first-order valence-corrected chi connectivity index (χ1v) is 4.70. The minimum Gasteiger partial charge on any atom is -0.393 e. The van der Waals surface area contributed by atoms with E-state index in [2.05, 4.69) is 20.8 Å². The van der Waals surface area contributed by atoms with Crippen LogP contribution >= 0.6 is 0 Å². The number of rotatable bonds is 5. The minimum absolute atomic E-state index is 0.0826. The molecule has 0 saturated heterocycles. The van der Waals surface area contributed by atoms with Crippen LogP contribution in [0.1, 0.15) is 53.4 Å². The second-order valence-electron chi connectivity index (χ2n) is 4.12. The van der Waals surface area contributed by atoms with Crippen LogP contribution in [-0.4, -0.2) is 11.2 Å². The van der Waals surface area contributed by atoms with Crippen molar-refractivity contribution in [2.75, 3.05) is 0 Å². The molecule has 68 valence electrons. The van der Waals surface area contributed by atoms with Gasteiger partial charge in [-0.3, -0.25) is 0 Å². The van der Waals surface area contributed by atoms with E-state index in [9.17, 15) is 5.11 Å². The van der Waals surface area contributed by atoms with Gasteiger partial charge in [0.15, 0.2) is 0 Å². The molecule has 0 amide bonds. The van der Waals surface area contributed by atoms with Crippen LogP contribution in [0.5, 0.6) is 0 Å². The monoisotopic (exact) mass is 158 g/mol. The van der Waals surface area contributed by atoms with Crippen molar-refractivity contribution < 1.29 is 5.11 Å². The van der Waals surface area contributed by atoms with Gasteiger partial charge in [-0.2, -0.15) is 0 Å². The van der Waals surface area contributed by atoms with Crippen molar-refractivity contribution in [1.82, 2.24) is 0 Å². The van der Waals surface area contributed by atoms with Gasteiger partial charge in [-0.05, 0) is 24.7 Å². The summed E-state index contributed by atoms with van der Waals surface area (Å²) in [6, 6.07) is 0. The van der Waals surface area contributed by atoms with Gasteiger partial charge < -0.3 is 5.11 Å². The van der Waals surface area contributed by atoms with Gasteiger partial charge in [0.2, 0.25) is 0 Å². The van der Waals surface area contributed by atoms with Gasteiger partial charge >= 0.3 is 0 Å². The highest BCUT2D eigenvalue weighted by Gasteiger charge is 2.15. The van der Waals surface area contributed by atoms with E-state index in [1.165, 1.54) is 6.42 Å². The van der Waals surface area contributed by atoms with Crippen LogP contribution < -0.4 is 0 Å². The summed E-state index contributed by atoms with van der Waals surface area (Å²) in [6.07, 6.45) is 4.10. The van der Waals surface area contributed by atoms with Crippen molar-refractivity contribution in [3.8, 4) is 0 Å². The molecule has 1 atom stereocenters. The van der Waals surface area contributed by atoms with Crippen LogP contribution in [-0.2, 0) is 0 Å². The Morgan fingerprint density at radius 1 is 1.27 bits per heavy atom. The Bertz CT molecular complexity index is 97.0. The Kier molecular flexibility index (Phi) is 4.74. The van der Waals surface area contributed by atoms with Gasteiger partial charge in [0.25, 0.3) is 0 Å². The van der Waals surface area contributed by atoms with Crippen molar-refractivity contribution in [3.05, 3.63) is 0 Å². The van der Waals surface area contributed by atoms with Crippen LogP contribution in [0.3, 0.4) is 0 Å². The van der Waals surface area contributed by atoms with E-state index in [0.29, 0.717) is 5.41 Å². The molecule has 0 saturated carbocycles. The Morgan fingerprint density at radius 2 is 1.82 bits per heavy atom. The maximum atomic E-state index is 9.32. The molecule has 11 heavy (non-hydrogen) atoms. The molecule has 1 unspecified atom stereocenters. The summed E-state index contributed by atoms with van der Waals surface area (Å²) in [6.45, 7) is 8.76. The summed E-state index contributed by atoms with van der Waals surface area (Å²) in [5.41, 5.74) is 0.413. The summed E-state index contributed by atoms with van der Waals surface area (Å²) in [5, 5.41) is 9.32. The van der Waals surface area contributed by atoms with Gasteiger partial charge in [-0.25, -0.2) is 0 Å². The summed E-state index contributed by atoms with van der Waals surface area (Å²) >= 11 is 0. The van der Waals surface area contributed by atoms with Gasteiger partial charge in [0, 0.05) is 0 Å². The van der Waals surface area contributed by atoms with E-state index in [0.717, 1.165) is 19.3 Å². The number of aliphatic hydroxyl groups excluding tert-OH is 1. The zero-order valence-corrected chi connectivity index (χ0v) is 8.35. The highest BCUT2D eigenvalue weighted by Crippen LogP contribution is 2.26. The van der Waals surface area contributed by atoms with E-state index in [1.807, 2.05) is 6.92 Å². The van der Waals surface area contributed by atoms with E-state index in [1.54, 1.807) is 0 Å². The molecule has 0 aromatic carbocycles. The average Bonchev–Trinajstić information content (AvgIpc) is 2.00. The molecule has 0 rings (SSSR count). The van der Waals surface area contributed by atoms with Gasteiger partial charge in [0.05, 0.1) is 6.10 Å². The van der Waals surface area contributed by atoms with Crippen molar-refractivity contribution >= 4 is 0 Å². The predicted octanol–water partition coefficient (Wildman–Crippen LogP) is 2.97. The predicted molar refractivity (Wildman–Crippen MR) is 49.6 cm³/mol. The van der Waals surface area contributed by atoms with Crippen LogP contribution in [0.2, 0.25) is 0 Å². The largest absolute Gasteiger partial charge is 0.393 e. The van der Waals surface area contributed by atoms with Crippen LogP contribution in [0.15, 0.2) is 0 Å². The molecule has 0 aromatic heterocycles. The second-order valence-corrected chi connectivity index (χ2v) is 4.12. The quantitative estimate of drug-likeness (QED) is 0.652. The number of aliphatic hydroxyl groups is 1. The zero-order chi connectivity index (χ0) is 8.91. The first-order valence-electron chi connectivity index (χ1n) is 4.70. The molecule has 0 bridgehead atoms. The fourth-order valence-corrected chi connectivity index (χ4v) is 0.938. The van der Waals surface area contributed by atoms with Crippen molar-refractivity contribution in [1.29, 1.82) is 0 Å². The first kappa shape index (κ1) is 11.0.